The lowest BCUT2D eigenvalue weighted by atomic mass is 9.43. The first-order valence-corrected chi connectivity index (χ1v) is 18.1. The number of ether oxygens (including phenoxy) is 4. The van der Waals surface area contributed by atoms with Gasteiger partial charge in [-0.25, -0.2) is 0 Å². The number of hydrogen-bond acceptors (Lipinski definition) is 11. The van der Waals surface area contributed by atoms with Gasteiger partial charge in [-0.15, -0.1) is 0 Å². The fourth-order valence-corrected chi connectivity index (χ4v) is 13.4. The van der Waals surface area contributed by atoms with Gasteiger partial charge in [-0.05, 0) is 111 Å². The molecule has 7 N–H and O–H groups in total. The SMILES string of the molecule is CC(=O)OC(C1CC(C)C2C(O)(O1)C(O)C1(N)C3CCC4C(C)(C)C(OC5OCCC(O)C5O)CCC45CC35CCC21C)C(C)(C)O. The van der Waals surface area contributed by atoms with Crippen molar-refractivity contribution < 1.29 is 49.3 Å². The van der Waals surface area contributed by atoms with E-state index < -0.39 is 71.0 Å². The van der Waals surface area contributed by atoms with Crippen molar-refractivity contribution in [3.63, 3.8) is 0 Å². The molecule has 11 heteroatoms. The van der Waals surface area contributed by atoms with Gasteiger partial charge in [0.15, 0.2) is 18.2 Å². The van der Waals surface area contributed by atoms with Gasteiger partial charge in [-0.3, -0.25) is 4.79 Å². The van der Waals surface area contributed by atoms with Crippen LogP contribution < -0.4 is 5.73 Å². The lowest BCUT2D eigenvalue weighted by Crippen LogP contribution is -2.70. The lowest BCUT2D eigenvalue weighted by molar-refractivity contribution is -0.341. The van der Waals surface area contributed by atoms with Gasteiger partial charge in [-0.2, -0.15) is 0 Å². The Morgan fingerprint density at radius 3 is 2.32 bits per heavy atom. The molecule has 0 radical (unpaired) electrons. The van der Waals surface area contributed by atoms with E-state index in [-0.39, 0.29) is 34.2 Å². The van der Waals surface area contributed by atoms with Crippen molar-refractivity contribution in [3.8, 4) is 0 Å². The zero-order chi connectivity index (χ0) is 34.3. The van der Waals surface area contributed by atoms with Crippen molar-refractivity contribution in [2.75, 3.05) is 6.61 Å². The van der Waals surface area contributed by atoms with Gasteiger partial charge < -0.3 is 50.2 Å². The highest BCUT2D eigenvalue weighted by molar-refractivity contribution is 5.66. The van der Waals surface area contributed by atoms with E-state index in [0.717, 1.165) is 44.9 Å². The second kappa shape index (κ2) is 10.6. The Bertz CT molecular complexity index is 1270. The second-order valence-electron chi connectivity index (χ2n) is 18.3. The molecule has 0 aromatic heterocycles. The highest BCUT2D eigenvalue weighted by Gasteiger charge is 2.87. The molecule has 7 fully saturated rings. The minimum Gasteiger partial charge on any atom is -0.457 e. The molecular weight excluding hydrogens is 606 g/mol. The fourth-order valence-electron chi connectivity index (χ4n) is 13.4. The van der Waals surface area contributed by atoms with Crippen molar-refractivity contribution in [1.29, 1.82) is 0 Å². The van der Waals surface area contributed by atoms with E-state index in [1.54, 1.807) is 13.8 Å². The Morgan fingerprint density at radius 2 is 1.66 bits per heavy atom. The highest BCUT2D eigenvalue weighted by atomic mass is 16.7. The summed E-state index contributed by atoms with van der Waals surface area (Å²) in [6, 6.07) is 0. The summed E-state index contributed by atoms with van der Waals surface area (Å²) in [6.45, 7) is 13.5. The van der Waals surface area contributed by atoms with E-state index in [9.17, 15) is 30.3 Å². The van der Waals surface area contributed by atoms with Crippen LogP contribution >= 0.6 is 0 Å². The maximum Gasteiger partial charge on any atom is 0.303 e. The van der Waals surface area contributed by atoms with Gasteiger partial charge in [0.05, 0.1) is 30.0 Å². The Labute approximate surface area is 278 Å². The maximum atomic E-state index is 12.5. The molecule has 47 heavy (non-hydrogen) atoms. The quantitative estimate of drug-likeness (QED) is 0.187. The minimum atomic E-state index is -1.96. The van der Waals surface area contributed by atoms with Crippen LogP contribution in [0.1, 0.15) is 106 Å². The lowest BCUT2D eigenvalue weighted by Gasteiger charge is -2.63. The summed E-state index contributed by atoms with van der Waals surface area (Å²) in [4.78, 5) is 12.1. The molecule has 2 saturated heterocycles. The van der Waals surface area contributed by atoms with E-state index in [4.69, 9.17) is 24.7 Å². The van der Waals surface area contributed by atoms with Crippen LogP contribution in [-0.2, 0) is 23.7 Å². The molecule has 16 atom stereocenters. The Hall–Kier alpha value is -0.890. The van der Waals surface area contributed by atoms with E-state index in [1.165, 1.54) is 6.92 Å². The summed E-state index contributed by atoms with van der Waals surface area (Å²) in [5, 5.41) is 56.7. The summed E-state index contributed by atoms with van der Waals surface area (Å²) >= 11 is 0. The maximum absolute atomic E-state index is 12.5. The summed E-state index contributed by atoms with van der Waals surface area (Å²) in [6.07, 6.45) is 0.968. The predicted molar refractivity (Wildman–Crippen MR) is 169 cm³/mol. The Balaban J connectivity index is 1.18. The van der Waals surface area contributed by atoms with Gasteiger partial charge in [0.2, 0.25) is 0 Å². The number of rotatable bonds is 5. The average molecular weight is 666 g/mol. The van der Waals surface area contributed by atoms with Gasteiger partial charge in [0, 0.05) is 12.8 Å². The Morgan fingerprint density at radius 1 is 1.00 bits per heavy atom. The zero-order valence-electron chi connectivity index (χ0n) is 29.3. The van der Waals surface area contributed by atoms with E-state index in [1.807, 2.05) is 0 Å². The standard InChI is InChI=1S/C36H59NO10/c1-18-16-21(27(31(5,6)42)45-19(2)38)47-36(43)26(18)32(7)13-14-34-17-33(34)12-10-24(46-28-25(40)20(39)11-15-44-28)30(3,4)22(33)8-9-23(34)35(32,37)29(36)41/h18,20-29,39-43H,8-17,37H2,1-7H3. The minimum absolute atomic E-state index is 0.0191. The van der Waals surface area contributed by atoms with Crippen LogP contribution in [0, 0.1) is 45.3 Å². The van der Waals surface area contributed by atoms with Crippen LogP contribution in [0.4, 0.5) is 0 Å². The number of fused-ring (bicyclic) bond motifs is 4. The normalized spacial score (nSPS) is 55.4. The number of aliphatic hydroxyl groups excluding tert-OH is 3. The first kappa shape index (κ1) is 34.6. The molecule has 0 amide bonds. The number of hydrogen-bond donors (Lipinski definition) is 6. The number of nitrogens with two attached hydrogens (primary N) is 1. The van der Waals surface area contributed by atoms with Gasteiger partial charge in [0.25, 0.3) is 0 Å². The Kier molecular flexibility index (Phi) is 7.77. The number of esters is 1. The van der Waals surface area contributed by atoms with Crippen molar-refractivity contribution in [3.05, 3.63) is 0 Å². The predicted octanol–water partition coefficient (Wildman–Crippen LogP) is 2.37. The van der Waals surface area contributed by atoms with Crippen molar-refractivity contribution in [1.82, 2.24) is 0 Å². The first-order valence-electron chi connectivity index (χ1n) is 18.1. The van der Waals surface area contributed by atoms with Crippen LogP contribution in [-0.4, -0.2) is 97.9 Å². The molecule has 0 aromatic rings. The van der Waals surface area contributed by atoms with Gasteiger partial charge >= 0.3 is 5.97 Å². The molecule has 11 nitrogen and oxygen atoms in total. The van der Waals surface area contributed by atoms with E-state index >= 15 is 0 Å². The molecule has 268 valence electrons. The molecule has 16 unspecified atom stereocenters. The summed E-state index contributed by atoms with van der Waals surface area (Å²) in [5.74, 6) is -2.74. The van der Waals surface area contributed by atoms with Crippen LogP contribution in [0.2, 0.25) is 0 Å². The third-order valence-corrected chi connectivity index (χ3v) is 15.3. The summed E-state index contributed by atoms with van der Waals surface area (Å²) < 4.78 is 24.3. The monoisotopic (exact) mass is 665 g/mol. The molecular formula is C36H59NO10. The number of carbonyl (C=O) groups is 1. The molecule has 2 spiro atoms. The van der Waals surface area contributed by atoms with E-state index in [0.29, 0.717) is 25.4 Å². The zero-order valence-corrected chi connectivity index (χ0v) is 29.3. The van der Waals surface area contributed by atoms with Crippen molar-refractivity contribution in [2.24, 2.45) is 51.1 Å². The molecule has 0 aromatic carbocycles. The second-order valence-corrected chi connectivity index (χ2v) is 18.3. The third-order valence-electron chi connectivity index (χ3n) is 15.3. The van der Waals surface area contributed by atoms with Crippen molar-refractivity contribution >= 4 is 5.97 Å². The van der Waals surface area contributed by atoms with Crippen LogP contribution in [0.3, 0.4) is 0 Å². The van der Waals surface area contributed by atoms with Gasteiger partial charge in [0.1, 0.15) is 18.3 Å². The molecule has 7 aliphatic rings. The number of carbonyl (C=O) groups excluding carboxylic acids is 1. The topological polar surface area (TPSA) is 181 Å². The molecule has 5 saturated carbocycles. The van der Waals surface area contributed by atoms with Gasteiger partial charge in [-0.1, -0.05) is 27.7 Å². The van der Waals surface area contributed by atoms with Crippen LogP contribution in [0.15, 0.2) is 0 Å². The van der Waals surface area contributed by atoms with E-state index in [2.05, 4.69) is 27.7 Å². The van der Waals surface area contributed by atoms with Crippen molar-refractivity contribution in [2.45, 2.75) is 166 Å². The molecule has 5 aliphatic carbocycles. The first-order chi connectivity index (χ1) is 21.7. The summed E-state index contributed by atoms with van der Waals surface area (Å²) in [7, 11) is 0. The molecule has 7 rings (SSSR count). The largest absolute Gasteiger partial charge is 0.457 e. The molecule has 2 aliphatic heterocycles. The average Bonchev–Trinajstić information content (AvgIpc) is 3.61. The third kappa shape index (κ3) is 4.40. The molecule has 0 bridgehead atoms. The van der Waals surface area contributed by atoms with Crippen LogP contribution in [0.25, 0.3) is 0 Å². The highest BCUT2D eigenvalue weighted by Crippen LogP contribution is 2.88. The van der Waals surface area contributed by atoms with Crippen LogP contribution in [0.5, 0.6) is 0 Å². The number of aliphatic hydroxyl groups is 5. The smallest absolute Gasteiger partial charge is 0.303 e. The molecule has 2 heterocycles. The fraction of sp³-hybridized carbons (Fsp3) is 0.972. The summed E-state index contributed by atoms with van der Waals surface area (Å²) in [5.41, 5.74) is 4.28.